The Balaban J connectivity index is 0.00000264. The smallest absolute Gasteiger partial charge is 0.222 e. The third-order valence-electron chi connectivity index (χ3n) is 4.28. The number of aryl methyl sites for hydroxylation is 1. The van der Waals surface area contributed by atoms with Crippen LogP contribution in [0, 0.1) is 0 Å². The maximum absolute atomic E-state index is 12.4. The Kier molecular flexibility index (Phi) is 10.3. The van der Waals surface area contributed by atoms with Crippen LogP contribution in [0.15, 0.2) is 24.3 Å². The highest BCUT2D eigenvalue weighted by atomic mass is 35.5. The lowest BCUT2D eigenvalue weighted by Crippen LogP contribution is -2.54. The van der Waals surface area contributed by atoms with E-state index in [1.807, 2.05) is 29.2 Å². The van der Waals surface area contributed by atoms with Gasteiger partial charge in [-0.2, -0.15) is 0 Å². The summed E-state index contributed by atoms with van der Waals surface area (Å²) < 4.78 is 0. The maximum atomic E-state index is 12.4. The quantitative estimate of drug-likeness (QED) is 0.769. The van der Waals surface area contributed by atoms with Gasteiger partial charge in [-0.1, -0.05) is 18.2 Å². The summed E-state index contributed by atoms with van der Waals surface area (Å²) in [7, 11) is 0. The number of aliphatic hydroxyl groups excluding tert-OH is 1. The van der Waals surface area contributed by atoms with Crippen molar-refractivity contribution in [2.45, 2.75) is 38.8 Å². The molecule has 1 aromatic carbocycles. The van der Waals surface area contributed by atoms with Gasteiger partial charge in [-0.05, 0) is 31.9 Å². The van der Waals surface area contributed by atoms with E-state index in [1.165, 1.54) is 0 Å². The lowest BCUT2D eigenvalue weighted by molar-refractivity contribution is -0.134. The van der Waals surface area contributed by atoms with Crippen molar-refractivity contribution in [3.63, 3.8) is 0 Å². The fourth-order valence-electron chi connectivity index (χ4n) is 2.99. The Hall–Kier alpha value is -1.01. The first-order chi connectivity index (χ1) is 10.5. The van der Waals surface area contributed by atoms with Gasteiger partial charge in [0.25, 0.3) is 0 Å². The monoisotopic (exact) mass is 377 g/mol. The number of rotatable bonds is 5. The zero-order valence-corrected chi connectivity index (χ0v) is 16.0. The Bertz CT molecular complexity index is 514. The Morgan fingerprint density at radius 1 is 1.33 bits per heavy atom. The van der Waals surface area contributed by atoms with Crippen molar-refractivity contribution in [2.24, 2.45) is 0 Å². The lowest BCUT2D eigenvalue weighted by Gasteiger charge is -2.40. The molecule has 1 saturated heterocycles. The van der Waals surface area contributed by atoms with E-state index in [-0.39, 0.29) is 42.9 Å². The molecule has 7 heteroatoms. The Morgan fingerprint density at radius 3 is 2.58 bits per heavy atom. The van der Waals surface area contributed by atoms with Crippen LogP contribution in [0.4, 0.5) is 5.69 Å². The number of halogens is 2. The van der Waals surface area contributed by atoms with Crippen molar-refractivity contribution >= 4 is 36.4 Å². The molecule has 2 atom stereocenters. The molecule has 2 rings (SSSR count). The zero-order valence-electron chi connectivity index (χ0n) is 14.4. The topological polar surface area (TPSA) is 69.8 Å². The number of benzene rings is 1. The average Bonchev–Trinajstić information content (AvgIpc) is 2.48. The minimum atomic E-state index is -0.328. The number of amides is 1. The van der Waals surface area contributed by atoms with Gasteiger partial charge < -0.3 is 15.7 Å². The molecule has 0 aromatic heterocycles. The van der Waals surface area contributed by atoms with Gasteiger partial charge in [0.2, 0.25) is 5.91 Å². The summed E-state index contributed by atoms with van der Waals surface area (Å²) in [6.45, 7) is 6.87. The van der Waals surface area contributed by atoms with Crippen molar-refractivity contribution < 1.29 is 9.90 Å². The van der Waals surface area contributed by atoms with E-state index in [2.05, 4.69) is 11.8 Å². The van der Waals surface area contributed by atoms with Crippen molar-refractivity contribution in [1.29, 1.82) is 0 Å². The number of carbonyl (C=O) groups excluding carboxylic acids is 1. The minimum absolute atomic E-state index is 0. The van der Waals surface area contributed by atoms with E-state index < -0.39 is 0 Å². The average molecular weight is 378 g/mol. The van der Waals surface area contributed by atoms with E-state index in [1.54, 1.807) is 6.92 Å². The van der Waals surface area contributed by atoms with Crippen LogP contribution >= 0.6 is 24.8 Å². The maximum Gasteiger partial charge on any atom is 0.222 e. The fourth-order valence-corrected chi connectivity index (χ4v) is 2.99. The van der Waals surface area contributed by atoms with Crippen LogP contribution < -0.4 is 5.73 Å². The lowest BCUT2D eigenvalue weighted by atomic mass is 10.1. The molecular formula is C17H29Cl2N3O2. The standard InChI is InChI=1S/C17H27N3O2.2ClH/c1-13-11-20(10-9-19(13)12-14(2)21)17(22)8-7-15-5-3-4-6-16(15)18;;/h3-6,13-14,21H,7-12,18H2,1-2H3;2*1H. The van der Waals surface area contributed by atoms with Crippen LogP contribution in [0.3, 0.4) is 0 Å². The zero-order chi connectivity index (χ0) is 16.1. The Labute approximate surface area is 157 Å². The van der Waals surface area contributed by atoms with Crippen LogP contribution in [0.2, 0.25) is 0 Å². The third kappa shape index (κ3) is 6.48. The summed E-state index contributed by atoms with van der Waals surface area (Å²) >= 11 is 0. The molecule has 0 radical (unpaired) electrons. The van der Waals surface area contributed by atoms with Gasteiger partial charge in [0.1, 0.15) is 0 Å². The molecule has 0 spiro atoms. The molecular weight excluding hydrogens is 349 g/mol. The van der Waals surface area contributed by atoms with Gasteiger partial charge in [0, 0.05) is 44.3 Å². The molecule has 1 aliphatic rings. The fraction of sp³-hybridized carbons (Fsp3) is 0.588. The number of nitrogens with two attached hydrogens (primary N) is 1. The van der Waals surface area contributed by atoms with Crippen LogP contribution in [0.5, 0.6) is 0 Å². The molecule has 24 heavy (non-hydrogen) atoms. The summed E-state index contributed by atoms with van der Waals surface area (Å²) in [5, 5.41) is 9.50. The Morgan fingerprint density at radius 2 is 2.00 bits per heavy atom. The predicted octanol–water partition coefficient (Wildman–Crippen LogP) is 1.96. The van der Waals surface area contributed by atoms with E-state index >= 15 is 0 Å². The molecule has 1 aliphatic heterocycles. The molecule has 1 fully saturated rings. The van der Waals surface area contributed by atoms with E-state index in [0.29, 0.717) is 19.4 Å². The summed E-state index contributed by atoms with van der Waals surface area (Å²) in [4.78, 5) is 16.5. The molecule has 1 aromatic rings. The van der Waals surface area contributed by atoms with Crippen molar-refractivity contribution in [2.75, 3.05) is 31.9 Å². The number of hydrogen-bond donors (Lipinski definition) is 2. The summed E-state index contributed by atoms with van der Waals surface area (Å²) in [6.07, 6.45) is 0.858. The van der Waals surface area contributed by atoms with Gasteiger partial charge in [0.05, 0.1) is 6.10 Å². The van der Waals surface area contributed by atoms with Crippen molar-refractivity contribution in [3.8, 4) is 0 Å². The first kappa shape index (κ1) is 23.0. The van der Waals surface area contributed by atoms with E-state index in [4.69, 9.17) is 5.73 Å². The van der Waals surface area contributed by atoms with Gasteiger partial charge in [0.15, 0.2) is 0 Å². The number of nitrogen functional groups attached to an aromatic ring is 1. The van der Waals surface area contributed by atoms with Crippen molar-refractivity contribution in [1.82, 2.24) is 9.80 Å². The number of hydrogen-bond acceptors (Lipinski definition) is 4. The molecule has 0 bridgehead atoms. The number of carbonyl (C=O) groups is 1. The van der Waals surface area contributed by atoms with Crippen LogP contribution in [0.1, 0.15) is 25.8 Å². The predicted molar refractivity (Wildman–Crippen MR) is 103 cm³/mol. The highest BCUT2D eigenvalue weighted by molar-refractivity contribution is 5.85. The second-order valence-electron chi connectivity index (χ2n) is 6.23. The number of piperazine rings is 1. The van der Waals surface area contributed by atoms with Gasteiger partial charge in [-0.15, -0.1) is 24.8 Å². The van der Waals surface area contributed by atoms with Gasteiger partial charge in [-0.25, -0.2) is 0 Å². The number of aliphatic hydroxyl groups is 1. The highest BCUT2D eigenvalue weighted by Gasteiger charge is 2.26. The van der Waals surface area contributed by atoms with Gasteiger partial charge in [-0.3, -0.25) is 9.69 Å². The highest BCUT2D eigenvalue weighted by Crippen LogP contribution is 2.15. The van der Waals surface area contributed by atoms with Gasteiger partial charge >= 0.3 is 0 Å². The molecule has 1 amide bonds. The normalized spacial score (nSPS) is 19.1. The molecule has 5 nitrogen and oxygen atoms in total. The molecule has 0 aliphatic carbocycles. The van der Waals surface area contributed by atoms with E-state index in [9.17, 15) is 9.90 Å². The minimum Gasteiger partial charge on any atom is -0.399 e. The number of β-amino-alcohol motifs (C(OH)–C–C–N with tert-alkyl or cyclic N) is 1. The molecule has 2 unspecified atom stereocenters. The SMILES string of the molecule is CC(O)CN1CCN(C(=O)CCc2ccccc2N)CC1C.Cl.Cl. The molecule has 138 valence electrons. The molecule has 0 saturated carbocycles. The number of anilines is 1. The largest absolute Gasteiger partial charge is 0.399 e. The molecule has 3 N–H and O–H groups in total. The van der Waals surface area contributed by atoms with Crippen LogP contribution in [-0.4, -0.2) is 59.1 Å². The first-order valence-electron chi connectivity index (χ1n) is 8.00. The summed E-state index contributed by atoms with van der Waals surface area (Å²) in [5.74, 6) is 0.187. The third-order valence-corrected chi connectivity index (χ3v) is 4.28. The second-order valence-corrected chi connectivity index (χ2v) is 6.23. The van der Waals surface area contributed by atoms with Crippen molar-refractivity contribution in [3.05, 3.63) is 29.8 Å². The summed E-state index contributed by atoms with van der Waals surface area (Å²) in [5.41, 5.74) is 7.71. The number of nitrogens with zero attached hydrogens (tertiary/aromatic N) is 2. The first-order valence-corrected chi connectivity index (χ1v) is 8.00. The summed E-state index contributed by atoms with van der Waals surface area (Å²) in [6, 6.07) is 7.99. The van der Waals surface area contributed by atoms with E-state index in [0.717, 1.165) is 30.9 Å². The molecule has 1 heterocycles. The van der Waals surface area contributed by atoms with Crippen LogP contribution in [0.25, 0.3) is 0 Å². The van der Waals surface area contributed by atoms with Crippen LogP contribution in [-0.2, 0) is 11.2 Å². The second kappa shape index (κ2) is 10.8. The number of para-hydroxylation sites is 1.